The molecule has 0 N–H and O–H groups in total. The van der Waals surface area contributed by atoms with Gasteiger partial charge in [0.2, 0.25) is 11.0 Å². The van der Waals surface area contributed by atoms with Gasteiger partial charge < -0.3 is 9.80 Å². The van der Waals surface area contributed by atoms with E-state index < -0.39 is 0 Å². The largest absolute Gasteiger partial charge is 0.345 e. The number of likely N-dealkylation sites (N-methyl/N-ethyl adjacent to an activating group) is 1. The Morgan fingerprint density at radius 3 is 2.68 bits per heavy atom. The molecule has 1 aliphatic heterocycles. The average Bonchev–Trinajstić information content (AvgIpc) is 3.22. The zero-order valence-corrected chi connectivity index (χ0v) is 14.0. The van der Waals surface area contributed by atoms with Crippen molar-refractivity contribution in [2.45, 2.75) is 56.9 Å². The maximum Gasteiger partial charge on any atom is 0.225 e. The molecule has 0 spiro atoms. The summed E-state index contributed by atoms with van der Waals surface area (Å²) in [6, 6.07) is 0.329. The van der Waals surface area contributed by atoms with E-state index in [1.165, 1.54) is 24.3 Å². The summed E-state index contributed by atoms with van der Waals surface area (Å²) < 4.78 is 0. The van der Waals surface area contributed by atoms with Crippen LogP contribution in [0.25, 0.3) is 0 Å². The fourth-order valence-corrected chi connectivity index (χ4v) is 4.46. The van der Waals surface area contributed by atoms with Crippen LogP contribution < -0.4 is 4.90 Å². The normalized spacial score (nSPS) is 25.9. The molecule has 0 radical (unpaired) electrons. The van der Waals surface area contributed by atoms with E-state index in [-0.39, 0.29) is 0 Å². The van der Waals surface area contributed by atoms with E-state index in [1.807, 2.05) is 11.9 Å². The maximum absolute atomic E-state index is 12.5. The first-order chi connectivity index (χ1) is 10.7. The van der Waals surface area contributed by atoms with Crippen molar-refractivity contribution in [1.82, 2.24) is 15.1 Å². The quantitative estimate of drug-likeness (QED) is 0.856. The highest BCUT2D eigenvalue weighted by atomic mass is 32.1. The molecule has 0 bridgehead atoms. The van der Waals surface area contributed by atoms with Crippen molar-refractivity contribution < 1.29 is 4.79 Å². The number of amides is 1. The predicted molar refractivity (Wildman–Crippen MR) is 87.2 cm³/mol. The van der Waals surface area contributed by atoms with Crippen LogP contribution in [0.3, 0.4) is 0 Å². The molecule has 1 unspecified atom stereocenters. The summed E-state index contributed by atoms with van der Waals surface area (Å²) in [6.45, 7) is 1.95. The summed E-state index contributed by atoms with van der Waals surface area (Å²) in [5.74, 6) is 1.33. The van der Waals surface area contributed by atoms with Gasteiger partial charge in [-0.1, -0.05) is 17.8 Å². The van der Waals surface area contributed by atoms with Crippen LogP contribution in [0, 0.1) is 5.92 Å². The van der Waals surface area contributed by atoms with Gasteiger partial charge in [-0.3, -0.25) is 4.79 Å². The highest BCUT2D eigenvalue weighted by Crippen LogP contribution is 2.43. The van der Waals surface area contributed by atoms with Crippen LogP contribution in [-0.2, 0) is 4.79 Å². The van der Waals surface area contributed by atoms with Gasteiger partial charge in [-0.05, 0) is 38.5 Å². The van der Waals surface area contributed by atoms with E-state index >= 15 is 0 Å². The van der Waals surface area contributed by atoms with E-state index in [2.05, 4.69) is 15.1 Å². The van der Waals surface area contributed by atoms with Crippen molar-refractivity contribution in [1.29, 1.82) is 0 Å². The highest BCUT2D eigenvalue weighted by molar-refractivity contribution is 7.15. The summed E-state index contributed by atoms with van der Waals surface area (Å²) >= 11 is 1.75. The number of nitrogens with zero attached hydrogens (tertiary/aromatic N) is 4. The summed E-state index contributed by atoms with van der Waals surface area (Å²) in [5.41, 5.74) is 0. The summed E-state index contributed by atoms with van der Waals surface area (Å²) in [4.78, 5) is 16.8. The minimum absolute atomic E-state index is 0.295. The van der Waals surface area contributed by atoms with Crippen molar-refractivity contribution in [3.05, 3.63) is 5.01 Å². The van der Waals surface area contributed by atoms with Gasteiger partial charge >= 0.3 is 0 Å². The number of piperidine rings is 1. The fraction of sp³-hybridized carbons (Fsp3) is 0.812. The monoisotopic (exact) mass is 320 g/mol. The van der Waals surface area contributed by atoms with Gasteiger partial charge in [0.1, 0.15) is 5.01 Å². The summed E-state index contributed by atoms with van der Waals surface area (Å²) in [5, 5.41) is 11.0. The maximum atomic E-state index is 12.5. The summed E-state index contributed by atoms with van der Waals surface area (Å²) in [7, 11) is 1.99. The standard InChI is InChI=1S/C16H24N4OS/c1-19(15(21)12-4-2-5-12)13-6-3-9-20(10-13)16-18-17-14(22-16)11-7-8-11/h11-13H,2-10H2,1H3. The highest BCUT2D eigenvalue weighted by Gasteiger charge is 2.34. The van der Waals surface area contributed by atoms with Gasteiger partial charge in [0.15, 0.2) is 0 Å². The minimum atomic E-state index is 0.295. The second-order valence-corrected chi connectivity index (χ2v) is 8.00. The zero-order chi connectivity index (χ0) is 15.1. The van der Waals surface area contributed by atoms with Crippen LogP contribution >= 0.6 is 11.3 Å². The molecule has 3 aliphatic rings. The third-order valence-corrected chi connectivity index (χ3v) is 6.52. The number of hydrogen-bond donors (Lipinski definition) is 0. The minimum Gasteiger partial charge on any atom is -0.345 e. The molecule has 6 heteroatoms. The number of carbonyl (C=O) groups excluding carboxylic acids is 1. The van der Waals surface area contributed by atoms with Gasteiger partial charge in [0.25, 0.3) is 0 Å². The third kappa shape index (κ3) is 2.73. The molecule has 1 atom stereocenters. The number of rotatable bonds is 4. The lowest BCUT2D eigenvalue weighted by Crippen LogP contribution is -2.50. The number of anilines is 1. The Morgan fingerprint density at radius 1 is 1.18 bits per heavy atom. The SMILES string of the molecule is CN(C(=O)C1CCC1)C1CCCN(c2nnc(C3CC3)s2)C1. The van der Waals surface area contributed by atoms with E-state index in [1.54, 1.807) is 11.3 Å². The first-order valence-corrected chi connectivity index (χ1v) is 9.39. The summed E-state index contributed by atoms with van der Waals surface area (Å²) in [6.07, 6.45) is 8.17. The van der Waals surface area contributed by atoms with Crippen LogP contribution in [0.15, 0.2) is 0 Å². The number of carbonyl (C=O) groups is 1. The van der Waals surface area contributed by atoms with Crippen molar-refractivity contribution >= 4 is 22.4 Å². The van der Waals surface area contributed by atoms with Gasteiger partial charge in [-0.2, -0.15) is 0 Å². The topological polar surface area (TPSA) is 49.3 Å². The van der Waals surface area contributed by atoms with Crippen LogP contribution in [0.2, 0.25) is 0 Å². The van der Waals surface area contributed by atoms with E-state index in [4.69, 9.17) is 0 Å². The van der Waals surface area contributed by atoms with Crippen molar-refractivity contribution in [2.24, 2.45) is 5.92 Å². The Bertz CT molecular complexity index is 552. The first kappa shape index (κ1) is 14.4. The Kier molecular flexibility index (Phi) is 3.80. The van der Waals surface area contributed by atoms with Gasteiger partial charge in [0.05, 0.1) is 0 Å². The smallest absolute Gasteiger partial charge is 0.225 e. The van der Waals surface area contributed by atoms with Crippen molar-refractivity contribution in [2.75, 3.05) is 25.0 Å². The molecule has 1 aromatic rings. The van der Waals surface area contributed by atoms with E-state index in [9.17, 15) is 4.79 Å². The van der Waals surface area contributed by atoms with Crippen LogP contribution in [0.1, 0.15) is 55.9 Å². The molecular formula is C16H24N4OS. The molecule has 0 aromatic carbocycles. The Hall–Kier alpha value is -1.17. The second-order valence-electron chi connectivity index (χ2n) is 7.02. The lowest BCUT2D eigenvalue weighted by Gasteiger charge is -2.39. The average molecular weight is 320 g/mol. The third-order valence-electron chi connectivity index (χ3n) is 5.37. The zero-order valence-electron chi connectivity index (χ0n) is 13.2. The predicted octanol–water partition coefficient (Wildman–Crippen LogP) is 2.64. The molecular weight excluding hydrogens is 296 g/mol. The molecule has 120 valence electrons. The van der Waals surface area contributed by atoms with E-state index in [0.717, 1.165) is 43.9 Å². The van der Waals surface area contributed by atoms with Crippen molar-refractivity contribution in [3.63, 3.8) is 0 Å². The first-order valence-electron chi connectivity index (χ1n) is 8.57. The fourth-order valence-electron chi connectivity index (χ4n) is 3.42. The second kappa shape index (κ2) is 5.80. The molecule has 2 aliphatic carbocycles. The van der Waals surface area contributed by atoms with Gasteiger partial charge in [-0.25, -0.2) is 0 Å². The Labute approximate surface area is 135 Å². The Balaban J connectivity index is 1.40. The molecule has 1 aromatic heterocycles. The molecule has 4 rings (SSSR count). The molecule has 1 amide bonds. The molecule has 2 saturated carbocycles. The van der Waals surface area contributed by atoms with Crippen molar-refractivity contribution in [3.8, 4) is 0 Å². The lowest BCUT2D eigenvalue weighted by atomic mass is 9.84. The van der Waals surface area contributed by atoms with Crippen LogP contribution in [0.4, 0.5) is 5.13 Å². The van der Waals surface area contributed by atoms with Gasteiger partial charge in [-0.15, -0.1) is 10.2 Å². The lowest BCUT2D eigenvalue weighted by molar-refractivity contribution is -0.139. The Morgan fingerprint density at radius 2 is 2.00 bits per heavy atom. The van der Waals surface area contributed by atoms with Crippen LogP contribution in [-0.4, -0.2) is 47.2 Å². The molecule has 5 nitrogen and oxygen atoms in total. The number of hydrogen-bond acceptors (Lipinski definition) is 5. The van der Waals surface area contributed by atoms with Crippen LogP contribution in [0.5, 0.6) is 0 Å². The van der Waals surface area contributed by atoms with Gasteiger partial charge in [0, 0.05) is 38.0 Å². The molecule has 1 saturated heterocycles. The molecule has 2 heterocycles. The van der Waals surface area contributed by atoms with E-state index in [0.29, 0.717) is 23.8 Å². The number of aromatic nitrogens is 2. The molecule has 22 heavy (non-hydrogen) atoms. The molecule has 3 fully saturated rings.